The number of nitrogens with two attached hydrogens (primary N) is 1. The Morgan fingerprint density at radius 2 is 2.00 bits per heavy atom. The lowest BCUT2D eigenvalue weighted by Gasteiger charge is -2.08. The minimum absolute atomic E-state index is 0.181. The summed E-state index contributed by atoms with van der Waals surface area (Å²) >= 11 is 0. The molecule has 0 aliphatic heterocycles. The van der Waals surface area contributed by atoms with Crippen LogP contribution in [0.5, 0.6) is 0 Å². The first kappa shape index (κ1) is 9.59. The molecule has 0 spiro atoms. The van der Waals surface area contributed by atoms with E-state index < -0.39 is 0 Å². The Balaban J connectivity index is 2.10. The fourth-order valence-corrected chi connectivity index (χ4v) is 1.55. The zero-order chi connectivity index (χ0) is 10.2. The van der Waals surface area contributed by atoms with Gasteiger partial charge in [-0.05, 0) is 31.7 Å². The van der Waals surface area contributed by atoms with Gasteiger partial charge in [0.25, 0.3) is 0 Å². The van der Waals surface area contributed by atoms with Gasteiger partial charge in [-0.25, -0.2) is 9.97 Å². The van der Waals surface area contributed by atoms with Crippen LogP contribution in [0.25, 0.3) is 0 Å². The van der Waals surface area contributed by atoms with Crippen molar-refractivity contribution in [3.05, 3.63) is 23.8 Å². The molecule has 0 amide bonds. The zero-order valence-corrected chi connectivity index (χ0v) is 8.83. The van der Waals surface area contributed by atoms with Gasteiger partial charge in [-0.3, -0.25) is 0 Å². The Labute approximate surface area is 84.8 Å². The molecule has 76 valence electrons. The van der Waals surface area contributed by atoms with Gasteiger partial charge in [0.2, 0.25) is 0 Å². The van der Waals surface area contributed by atoms with Gasteiger partial charge in [-0.2, -0.15) is 0 Å². The van der Waals surface area contributed by atoms with Gasteiger partial charge in [0, 0.05) is 23.9 Å². The maximum Gasteiger partial charge on any atom is 0.134 e. The summed E-state index contributed by atoms with van der Waals surface area (Å²) in [5.74, 6) is 0.992. The van der Waals surface area contributed by atoms with Crippen LogP contribution >= 0.6 is 0 Å². The number of hydrogen-bond acceptors (Lipinski definition) is 3. The van der Waals surface area contributed by atoms with E-state index in [1.165, 1.54) is 12.8 Å². The highest BCUT2D eigenvalue weighted by molar-refractivity contribution is 5.17. The molecule has 1 unspecified atom stereocenters. The molecule has 3 nitrogen and oxygen atoms in total. The van der Waals surface area contributed by atoms with Gasteiger partial charge in [-0.15, -0.1) is 0 Å². The van der Waals surface area contributed by atoms with E-state index >= 15 is 0 Å². The Kier molecular flexibility index (Phi) is 2.27. The minimum atomic E-state index is 0.181. The maximum atomic E-state index is 5.71. The van der Waals surface area contributed by atoms with Crippen LogP contribution in [0.3, 0.4) is 0 Å². The van der Waals surface area contributed by atoms with Gasteiger partial charge >= 0.3 is 0 Å². The molecule has 1 aliphatic rings. The van der Waals surface area contributed by atoms with Crippen molar-refractivity contribution < 1.29 is 0 Å². The molecule has 0 bridgehead atoms. The van der Waals surface area contributed by atoms with Crippen LogP contribution in [0, 0.1) is 0 Å². The van der Waals surface area contributed by atoms with Gasteiger partial charge in [0.1, 0.15) is 5.82 Å². The summed E-state index contributed by atoms with van der Waals surface area (Å²) in [6.07, 6.45) is 7.13. The molecule has 0 radical (unpaired) electrons. The summed E-state index contributed by atoms with van der Waals surface area (Å²) in [6, 6.07) is 0.181. The highest BCUT2D eigenvalue weighted by atomic mass is 14.9. The highest BCUT2D eigenvalue weighted by Gasteiger charge is 2.41. The standard InChI is InChI=1S/C11H17N3/c1-8(12)5-9-6-13-10(14-7-9)11(2)3-4-11/h6-8H,3-5,12H2,1-2H3. The number of aromatic nitrogens is 2. The Morgan fingerprint density at radius 3 is 2.43 bits per heavy atom. The molecule has 0 saturated heterocycles. The summed E-state index contributed by atoms with van der Waals surface area (Å²) in [4.78, 5) is 8.80. The third-order valence-corrected chi connectivity index (χ3v) is 2.80. The Hall–Kier alpha value is -0.960. The van der Waals surface area contributed by atoms with Crippen molar-refractivity contribution >= 4 is 0 Å². The molecule has 1 aromatic heterocycles. The predicted octanol–water partition coefficient (Wildman–Crippen LogP) is 1.42. The molecule has 1 saturated carbocycles. The van der Waals surface area contributed by atoms with E-state index in [0.29, 0.717) is 0 Å². The average molecular weight is 191 g/mol. The molecule has 2 rings (SSSR count). The smallest absolute Gasteiger partial charge is 0.134 e. The molecular formula is C11H17N3. The van der Waals surface area contributed by atoms with Gasteiger partial charge < -0.3 is 5.73 Å². The summed E-state index contributed by atoms with van der Waals surface area (Å²) in [7, 11) is 0. The van der Waals surface area contributed by atoms with Crippen LogP contribution in [0.2, 0.25) is 0 Å². The lowest BCUT2D eigenvalue weighted by molar-refractivity contribution is 0.690. The van der Waals surface area contributed by atoms with E-state index in [0.717, 1.165) is 17.8 Å². The summed E-state index contributed by atoms with van der Waals surface area (Å²) in [5.41, 5.74) is 7.11. The second-order valence-corrected chi connectivity index (χ2v) is 4.66. The second-order valence-electron chi connectivity index (χ2n) is 4.66. The molecule has 1 fully saturated rings. The average Bonchev–Trinajstić information content (AvgIpc) is 2.85. The van der Waals surface area contributed by atoms with Crippen molar-refractivity contribution in [3.63, 3.8) is 0 Å². The Morgan fingerprint density at radius 1 is 1.43 bits per heavy atom. The molecule has 14 heavy (non-hydrogen) atoms. The summed E-state index contributed by atoms with van der Waals surface area (Å²) in [5, 5.41) is 0. The molecule has 1 heterocycles. The summed E-state index contributed by atoms with van der Waals surface area (Å²) < 4.78 is 0. The third kappa shape index (κ3) is 1.93. The predicted molar refractivity (Wildman–Crippen MR) is 56.0 cm³/mol. The van der Waals surface area contributed by atoms with Crippen molar-refractivity contribution in [2.24, 2.45) is 5.73 Å². The monoisotopic (exact) mass is 191 g/mol. The third-order valence-electron chi connectivity index (χ3n) is 2.80. The van der Waals surface area contributed by atoms with Crippen LogP contribution in [-0.2, 0) is 11.8 Å². The molecule has 0 aromatic carbocycles. The molecular weight excluding hydrogens is 174 g/mol. The normalized spacial score (nSPS) is 20.5. The van der Waals surface area contributed by atoms with Gasteiger partial charge in [-0.1, -0.05) is 6.92 Å². The van der Waals surface area contributed by atoms with Gasteiger partial charge in [0.05, 0.1) is 0 Å². The first-order chi connectivity index (χ1) is 6.60. The van der Waals surface area contributed by atoms with E-state index in [9.17, 15) is 0 Å². The van der Waals surface area contributed by atoms with Crippen LogP contribution in [0.1, 0.15) is 38.1 Å². The van der Waals surface area contributed by atoms with Crippen molar-refractivity contribution in [1.29, 1.82) is 0 Å². The lowest BCUT2D eigenvalue weighted by atomic mass is 10.1. The fraction of sp³-hybridized carbons (Fsp3) is 0.636. The van der Waals surface area contributed by atoms with Crippen LogP contribution in [0.15, 0.2) is 12.4 Å². The van der Waals surface area contributed by atoms with E-state index in [1.54, 1.807) is 0 Å². The largest absolute Gasteiger partial charge is 0.328 e. The van der Waals surface area contributed by atoms with Crippen molar-refractivity contribution in [1.82, 2.24) is 9.97 Å². The number of nitrogens with zero attached hydrogens (tertiary/aromatic N) is 2. The summed E-state index contributed by atoms with van der Waals surface area (Å²) in [6.45, 7) is 4.21. The first-order valence-electron chi connectivity index (χ1n) is 5.17. The van der Waals surface area contributed by atoms with E-state index in [4.69, 9.17) is 5.73 Å². The Bertz CT molecular complexity index is 312. The van der Waals surface area contributed by atoms with Crippen molar-refractivity contribution in [2.45, 2.75) is 44.6 Å². The molecule has 3 heteroatoms. The minimum Gasteiger partial charge on any atom is -0.328 e. The number of rotatable bonds is 3. The topological polar surface area (TPSA) is 51.8 Å². The molecule has 1 aromatic rings. The van der Waals surface area contributed by atoms with Gasteiger partial charge in [0.15, 0.2) is 0 Å². The lowest BCUT2D eigenvalue weighted by Crippen LogP contribution is -2.18. The van der Waals surface area contributed by atoms with Crippen LogP contribution in [-0.4, -0.2) is 16.0 Å². The molecule has 1 atom stereocenters. The highest BCUT2D eigenvalue weighted by Crippen LogP contribution is 2.45. The zero-order valence-electron chi connectivity index (χ0n) is 8.83. The van der Waals surface area contributed by atoms with Crippen molar-refractivity contribution in [2.75, 3.05) is 0 Å². The van der Waals surface area contributed by atoms with E-state index in [2.05, 4.69) is 16.9 Å². The van der Waals surface area contributed by atoms with Crippen LogP contribution < -0.4 is 5.73 Å². The second kappa shape index (κ2) is 3.31. The fourth-order valence-electron chi connectivity index (χ4n) is 1.55. The quantitative estimate of drug-likeness (QED) is 0.786. The first-order valence-corrected chi connectivity index (χ1v) is 5.17. The molecule has 1 aliphatic carbocycles. The SMILES string of the molecule is CC(N)Cc1cnc(C2(C)CC2)nc1. The van der Waals surface area contributed by atoms with E-state index in [1.807, 2.05) is 19.3 Å². The van der Waals surface area contributed by atoms with E-state index in [-0.39, 0.29) is 11.5 Å². The van der Waals surface area contributed by atoms with Crippen LogP contribution in [0.4, 0.5) is 0 Å². The maximum absolute atomic E-state index is 5.71. The van der Waals surface area contributed by atoms with Crippen molar-refractivity contribution in [3.8, 4) is 0 Å². The number of hydrogen-bond donors (Lipinski definition) is 1. The molecule has 2 N–H and O–H groups in total.